The quantitative estimate of drug-likeness (QED) is 0.487. The SMILES string of the molecule is CC1(C)O[C@@H]2[C@@H](CCNC(=O)c3ccnnc3)OC[C@]2(CNC(=O)c2ccc(-c3ccccc3)cc2)O1. The van der Waals surface area contributed by atoms with E-state index in [0.717, 1.165) is 11.1 Å². The zero-order valence-corrected chi connectivity index (χ0v) is 20.8. The van der Waals surface area contributed by atoms with Gasteiger partial charge >= 0.3 is 0 Å². The minimum absolute atomic E-state index is 0.192. The predicted molar refractivity (Wildman–Crippen MR) is 136 cm³/mol. The van der Waals surface area contributed by atoms with Crippen LogP contribution in [0.5, 0.6) is 0 Å². The molecule has 9 nitrogen and oxygen atoms in total. The number of hydrogen-bond acceptors (Lipinski definition) is 7. The first-order valence-corrected chi connectivity index (χ1v) is 12.3. The molecule has 2 saturated heterocycles. The number of nitrogens with zero attached hydrogens (tertiary/aromatic N) is 2. The number of amides is 2. The number of carbonyl (C=O) groups excluding carboxylic acids is 2. The molecule has 0 unspecified atom stereocenters. The highest BCUT2D eigenvalue weighted by Crippen LogP contribution is 2.43. The lowest BCUT2D eigenvalue weighted by Crippen LogP contribution is -2.51. The fourth-order valence-electron chi connectivity index (χ4n) is 4.90. The molecule has 2 aromatic carbocycles. The van der Waals surface area contributed by atoms with Crippen molar-refractivity contribution in [2.45, 2.75) is 43.9 Å². The van der Waals surface area contributed by atoms with Gasteiger partial charge in [0.25, 0.3) is 11.8 Å². The molecular formula is C28H30N4O5. The molecule has 2 N–H and O–H groups in total. The van der Waals surface area contributed by atoms with E-state index < -0.39 is 11.4 Å². The third kappa shape index (κ3) is 5.53. The number of fused-ring (bicyclic) bond motifs is 1. The van der Waals surface area contributed by atoms with Crippen molar-refractivity contribution in [2.24, 2.45) is 0 Å². The third-order valence-electron chi connectivity index (χ3n) is 6.62. The second kappa shape index (κ2) is 10.4. The number of hydrogen-bond donors (Lipinski definition) is 2. The second-order valence-electron chi connectivity index (χ2n) is 9.76. The van der Waals surface area contributed by atoms with E-state index in [2.05, 4.69) is 20.8 Å². The van der Waals surface area contributed by atoms with Crippen LogP contribution in [0, 0.1) is 0 Å². The summed E-state index contributed by atoms with van der Waals surface area (Å²) in [5.41, 5.74) is 2.33. The standard InChI is InChI=1S/C28H30N4O5/c1-27(2)36-24-23(13-14-29-26(34)22-12-15-31-32-16-22)35-18-28(24,37-27)17-30-25(33)21-10-8-20(9-11-21)19-6-4-3-5-7-19/h3-12,15-16,23-24H,13-14,17-18H2,1-2H3,(H,29,34)(H,30,33)/t23-,24-,28+/m1/s1. The molecule has 2 aliphatic heterocycles. The summed E-state index contributed by atoms with van der Waals surface area (Å²) in [5.74, 6) is -1.24. The summed E-state index contributed by atoms with van der Waals surface area (Å²) in [6.45, 7) is 4.62. The first kappa shape index (κ1) is 25.0. The lowest BCUT2D eigenvalue weighted by molar-refractivity contribution is -0.189. The topological polar surface area (TPSA) is 112 Å². The lowest BCUT2D eigenvalue weighted by atomic mass is 9.95. The summed E-state index contributed by atoms with van der Waals surface area (Å²) >= 11 is 0. The molecular weight excluding hydrogens is 472 g/mol. The number of nitrogens with one attached hydrogen (secondary N) is 2. The Balaban J connectivity index is 1.19. The van der Waals surface area contributed by atoms with E-state index in [4.69, 9.17) is 14.2 Å². The van der Waals surface area contributed by atoms with Gasteiger partial charge in [-0.3, -0.25) is 9.59 Å². The highest BCUT2D eigenvalue weighted by atomic mass is 16.8. The van der Waals surface area contributed by atoms with Crippen molar-refractivity contribution in [3.63, 3.8) is 0 Å². The van der Waals surface area contributed by atoms with Gasteiger partial charge in [-0.15, -0.1) is 0 Å². The van der Waals surface area contributed by atoms with E-state index in [1.165, 1.54) is 12.4 Å². The van der Waals surface area contributed by atoms with Crippen LogP contribution in [0.3, 0.4) is 0 Å². The van der Waals surface area contributed by atoms with Crippen molar-refractivity contribution in [1.29, 1.82) is 0 Å². The Hall–Kier alpha value is -3.66. The van der Waals surface area contributed by atoms with Crippen LogP contribution in [0.15, 0.2) is 73.1 Å². The summed E-state index contributed by atoms with van der Waals surface area (Å²) in [7, 11) is 0. The Morgan fingerprint density at radius 3 is 2.38 bits per heavy atom. The van der Waals surface area contributed by atoms with Crippen molar-refractivity contribution in [2.75, 3.05) is 19.7 Å². The van der Waals surface area contributed by atoms with Crippen LogP contribution in [0.25, 0.3) is 11.1 Å². The minimum Gasteiger partial charge on any atom is -0.372 e. The van der Waals surface area contributed by atoms with Crippen LogP contribution in [0.4, 0.5) is 0 Å². The summed E-state index contributed by atoms with van der Waals surface area (Å²) in [6.07, 6.45) is 2.75. The first-order valence-electron chi connectivity index (χ1n) is 12.3. The summed E-state index contributed by atoms with van der Waals surface area (Å²) < 4.78 is 18.5. The largest absolute Gasteiger partial charge is 0.372 e. The molecule has 1 aromatic heterocycles. The van der Waals surface area contributed by atoms with Crippen LogP contribution in [-0.4, -0.2) is 65.3 Å². The molecule has 2 fully saturated rings. The first-order chi connectivity index (χ1) is 17.9. The Bertz CT molecular complexity index is 1240. The molecule has 5 rings (SSSR count). The van der Waals surface area contributed by atoms with Gasteiger partial charge < -0.3 is 24.8 Å². The van der Waals surface area contributed by atoms with Gasteiger partial charge in [-0.2, -0.15) is 10.2 Å². The maximum atomic E-state index is 13.0. The number of rotatable bonds is 8. The van der Waals surface area contributed by atoms with Crippen LogP contribution >= 0.6 is 0 Å². The number of aromatic nitrogens is 2. The molecule has 3 atom stereocenters. The highest BCUT2D eigenvalue weighted by Gasteiger charge is 2.60. The van der Waals surface area contributed by atoms with E-state index >= 15 is 0 Å². The molecule has 0 aliphatic carbocycles. The van der Waals surface area contributed by atoms with Crippen molar-refractivity contribution in [3.8, 4) is 11.1 Å². The van der Waals surface area contributed by atoms with Gasteiger partial charge in [0.05, 0.1) is 37.2 Å². The van der Waals surface area contributed by atoms with Crippen LogP contribution in [0.1, 0.15) is 41.0 Å². The number of ether oxygens (including phenoxy) is 3. The molecule has 9 heteroatoms. The number of carbonyl (C=O) groups is 2. The summed E-state index contributed by atoms with van der Waals surface area (Å²) in [4.78, 5) is 25.3. The number of benzene rings is 2. The fraction of sp³-hybridized carbons (Fsp3) is 0.357. The van der Waals surface area contributed by atoms with E-state index in [9.17, 15) is 9.59 Å². The van der Waals surface area contributed by atoms with Crippen LogP contribution in [-0.2, 0) is 14.2 Å². The predicted octanol–water partition coefficient (Wildman–Crippen LogP) is 2.98. The van der Waals surface area contributed by atoms with E-state index in [1.54, 1.807) is 6.07 Å². The molecule has 0 bridgehead atoms. The van der Waals surface area contributed by atoms with Crippen molar-refractivity contribution < 1.29 is 23.8 Å². The second-order valence-corrected chi connectivity index (χ2v) is 9.76. The Morgan fingerprint density at radius 1 is 0.919 bits per heavy atom. The maximum Gasteiger partial charge on any atom is 0.252 e. The molecule has 3 aromatic rings. The monoisotopic (exact) mass is 502 g/mol. The molecule has 0 radical (unpaired) electrons. The van der Waals surface area contributed by atoms with Gasteiger partial charge in [0, 0.05) is 12.1 Å². The Morgan fingerprint density at radius 2 is 1.65 bits per heavy atom. The molecule has 2 amide bonds. The van der Waals surface area contributed by atoms with Crippen molar-refractivity contribution >= 4 is 11.8 Å². The average Bonchev–Trinajstić information content (AvgIpc) is 3.38. The normalized spacial score (nSPS) is 23.8. The molecule has 37 heavy (non-hydrogen) atoms. The van der Waals surface area contributed by atoms with Gasteiger partial charge in [0.1, 0.15) is 11.7 Å². The van der Waals surface area contributed by atoms with Crippen molar-refractivity contribution in [3.05, 3.63) is 84.2 Å². The molecule has 192 valence electrons. The van der Waals surface area contributed by atoms with Crippen LogP contribution < -0.4 is 10.6 Å². The highest BCUT2D eigenvalue weighted by molar-refractivity contribution is 5.95. The lowest BCUT2D eigenvalue weighted by Gasteiger charge is -2.27. The molecule has 0 saturated carbocycles. The smallest absolute Gasteiger partial charge is 0.252 e. The fourth-order valence-corrected chi connectivity index (χ4v) is 4.90. The van der Waals surface area contributed by atoms with E-state index in [0.29, 0.717) is 24.1 Å². The van der Waals surface area contributed by atoms with Gasteiger partial charge in [-0.05, 0) is 49.6 Å². The van der Waals surface area contributed by atoms with E-state index in [-0.39, 0.29) is 37.2 Å². The van der Waals surface area contributed by atoms with Crippen LogP contribution in [0.2, 0.25) is 0 Å². The zero-order valence-electron chi connectivity index (χ0n) is 20.8. The Labute approximate surface area is 215 Å². The van der Waals surface area contributed by atoms with Gasteiger partial charge in [-0.1, -0.05) is 42.5 Å². The average molecular weight is 503 g/mol. The van der Waals surface area contributed by atoms with Gasteiger partial charge in [0.15, 0.2) is 5.79 Å². The van der Waals surface area contributed by atoms with E-state index in [1.807, 2.05) is 68.4 Å². The Kier molecular flexibility index (Phi) is 7.01. The minimum atomic E-state index is -0.819. The maximum absolute atomic E-state index is 13.0. The van der Waals surface area contributed by atoms with Crippen molar-refractivity contribution in [1.82, 2.24) is 20.8 Å². The van der Waals surface area contributed by atoms with Gasteiger partial charge in [-0.25, -0.2) is 0 Å². The molecule has 2 aliphatic rings. The summed E-state index contributed by atoms with van der Waals surface area (Å²) in [6, 6.07) is 19.1. The van der Waals surface area contributed by atoms with Gasteiger partial charge in [0.2, 0.25) is 0 Å². The molecule has 0 spiro atoms. The third-order valence-corrected chi connectivity index (χ3v) is 6.62. The zero-order chi connectivity index (χ0) is 25.9. The molecule has 3 heterocycles. The summed E-state index contributed by atoms with van der Waals surface area (Å²) in [5, 5.41) is 13.3.